The molecule has 3 aromatic rings. The number of fused-ring (bicyclic) bond motifs is 4. The number of benzene rings is 3. The van der Waals surface area contributed by atoms with Gasteiger partial charge in [-0.2, -0.15) is 0 Å². The molecule has 0 aromatic heterocycles. The van der Waals surface area contributed by atoms with Crippen LogP contribution in [0.15, 0.2) is 77.1 Å². The minimum absolute atomic E-state index is 0.00429. The lowest BCUT2D eigenvalue weighted by molar-refractivity contribution is -0.132. The number of carbonyl (C=O) groups is 7. The van der Waals surface area contributed by atoms with E-state index in [4.69, 9.17) is 61.6 Å². The Morgan fingerprint density at radius 1 is 0.600 bits per heavy atom. The molecule has 4 aliphatic heterocycles. The van der Waals surface area contributed by atoms with E-state index in [-0.39, 0.29) is 84.7 Å². The normalized spacial score (nSPS) is 16.7. The van der Waals surface area contributed by atoms with Crippen molar-refractivity contribution >= 4 is 80.7 Å². The van der Waals surface area contributed by atoms with Crippen LogP contribution in [0.25, 0.3) is 0 Å². The number of nitrogens with one attached hydrogen (secondary N) is 4. The SMILES string of the molecule is COc1cc2c(cc1OCCCCCOc1cc3c(cc1OC)C(=O)N1C=C(C)C[C@H]1[C@H](O)N3C(=O)OCc1ccc(NC(=O)[C@H](C)NC(=O)[C@@H](NC(=O)CCOCCOCCOCCOCCOCCOCCOCCOCCNC(=O)CBr)C(C)C)cc1)N=C[C@@H]1CC(C)=CN1C2=O. The highest BCUT2D eigenvalue weighted by atomic mass is 79.9. The number of ether oxygens (including phenoxy) is 13. The second-order valence-corrected chi connectivity index (χ2v) is 24.7. The minimum atomic E-state index is -1.52. The molecule has 0 spiro atoms. The molecule has 4 heterocycles. The highest BCUT2D eigenvalue weighted by molar-refractivity contribution is 9.09. The molecule has 550 valence electrons. The van der Waals surface area contributed by atoms with E-state index >= 15 is 0 Å². The molecule has 29 nitrogen and oxygen atoms in total. The molecule has 7 rings (SSSR count). The predicted octanol–water partition coefficient (Wildman–Crippen LogP) is 6.38. The number of hydrogen-bond acceptors (Lipinski definition) is 22. The fourth-order valence-corrected chi connectivity index (χ4v) is 11.0. The first-order chi connectivity index (χ1) is 48.4. The number of aliphatic hydroxyl groups excluding tert-OH is 1. The van der Waals surface area contributed by atoms with Crippen LogP contribution in [-0.4, -0.2) is 238 Å². The van der Waals surface area contributed by atoms with Crippen molar-refractivity contribution in [3.63, 3.8) is 0 Å². The predicted molar refractivity (Wildman–Crippen MR) is 372 cm³/mol. The molecule has 0 saturated carbocycles. The number of hydrogen-bond donors (Lipinski definition) is 5. The van der Waals surface area contributed by atoms with Crippen LogP contribution in [0.1, 0.15) is 99.4 Å². The van der Waals surface area contributed by atoms with E-state index in [1.807, 2.05) is 20.0 Å². The summed E-state index contributed by atoms with van der Waals surface area (Å²) in [7, 11) is 2.97. The monoisotopic (exact) mass is 1460 g/mol. The van der Waals surface area contributed by atoms with Crippen LogP contribution >= 0.6 is 15.9 Å². The van der Waals surface area contributed by atoms with Crippen molar-refractivity contribution in [2.75, 3.05) is 155 Å². The maximum atomic E-state index is 14.3. The Labute approximate surface area is 592 Å². The summed E-state index contributed by atoms with van der Waals surface area (Å²) in [5, 5.41) is 23.1. The van der Waals surface area contributed by atoms with Crippen LogP contribution in [-0.2, 0) is 68.4 Å². The molecule has 0 radical (unpaired) electrons. The molecule has 3 aromatic carbocycles. The van der Waals surface area contributed by atoms with Gasteiger partial charge in [0.15, 0.2) is 29.2 Å². The summed E-state index contributed by atoms with van der Waals surface area (Å²) in [6, 6.07) is 9.98. The molecule has 0 unspecified atom stereocenters. The van der Waals surface area contributed by atoms with E-state index in [1.165, 1.54) is 38.2 Å². The maximum absolute atomic E-state index is 14.3. The van der Waals surface area contributed by atoms with Crippen molar-refractivity contribution in [3.8, 4) is 23.0 Å². The number of carbonyl (C=O) groups excluding carboxylic acids is 7. The molecule has 4 aliphatic rings. The van der Waals surface area contributed by atoms with Crippen molar-refractivity contribution in [3.05, 3.63) is 88.8 Å². The Balaban J connectivity index is 0.757. The highest BCUT2D eigenvalue weighted by Gasteiger charge is 2.45. The van der Waals surface area contributed by atoms with Gasteiger partial charge in [0.2, 0.25) is 23.6 Å². The standard InChI is InChI=1S/C70H97BrN8O21/c1-46(2)64(76-62(80)15-19-90-21-23-92-25-27-94-29-31-96-33-34-97-32-30-95-28-26-93-24-22-91-20-16-72-63(81)41-71)66(83)74-49(5)65(82)75-51-13-11-50(12-14-51)45-100-70(87)79-56-40-61(59(89-7)38-54(56)68(85)78-44-48(4)36-57(78)69(79)86)99-18-10-8-9-17-98-60-39-55-53(37-58(60)88-6)67(84)77-43-47(3)35-52(77)42-73-55/h11-14,37-40,42-44,46,49,52,57,64,69,86H,8-10,15-36,41,45H2,1-7H3,(H,72,81)(H,74,83)(H,75,82)(H,76,80)/t49-,52-,57-,64-,69-/m0/s1. The molecule has 100 heavy (non-hydrogen) atoms. The number of amides is 7. The van der Waals surface area contributed by atoms with Crippen LogP contribution in [0, 0.1) is 5.92 Å². The molecule has 30 heteroatoms. The van der Waals surface area contributed by atoms with Gasteiger partial charge in [-0.15, -0.1) is 0 Å². The first-order valence-electron chi connectivity index (χ1n) is 33.7. The Kier molecular flexibility index (Phi) is 33.8. The molecule has 0 saturated heterocycles. The number of unbranched alkanes of at least 4 members (excludes halogenated alkanes) is 2. The zero-order chi connectivity index (χ0) is 71.8. The van der Waals surface area contributed by atoms with Gasteiger partial charge < -0.3 is 97.8 Å². The fraction of sp³-hybridized carbons (Fsp3) is 0.571. The summed E-state index contributed by atoms with van der Waals surface area (Å²) < 4.78 is 73.4. The van der Waals surface area contributed by atoms with Crippen molar-refractivity contribution in [1.29, 1.82) is 0 Å². The summed E-state index contributed by atoms with van der Waals surface area (Å²) >= 11 is 3.08. The maximum Gasteiger partial charge on any atom is 0.416 e. The number of anilines is 2. The average molecular weight is 1470 g/mol. The van der Waals surface area contributed by atoms with Gasteiger partial charge in [0.05, 0.1) is 173 Å². The largest absolute Gasteiger partial charge is 0.493 e. The van der Waals surface area contributed by atoms with Crippen LogP contribution < -0.4 is 45.1 Å². The van der Waals surface area contributed by atoms with Gasteiger partial charge in [-0.1, -0.05) is 53.1 Å². The van der Waals surface area contributed by atoms with Crippen LogP contribution in [0.2, 0.25) is 0 Å². The summed E-state index contributed by atoms with van der Waals surface area (Å²) in [6.45, 7) is 15.8. The van der Waals surface area contributed by atoms with E-state index < -0.39 is 54.1 Å². The second kappa shape index (κ2) is 42.5. The summed E-state index contributed by atoms with van der Waals surface area (Å²) in [5.74, 6) is -1.09. The lowest BCUT2D eigenvalue weighted by Gasteiger charge is -2.31. The molecule has 5 atom stereocenters. The molecule has 0 bridgehead atoms. The summed E-state index contributed by atoms with van der Waals surface area (Å²) in [4.78, 5) is 101. The Morgan fingerprint density at radius 3 is 1.68 bits per heavy atom. The Bertz CT molecular complexity index is 3260. The lowest BCUT2D eigenvalue weighted by Crippen LogP contribution is -2.53. The molecule has 0 aliphatic carbocycles. The van der Waals surface area contributed by atoms with Gasteiger partial charge in [0.25, 0.3) is 11.8 Å². The third-order valence-electron chi connectivity index (χ3n) is 16.1. The van der Waals surface area contributed by atoms with E-state index in [1.54, 1.807) is 67.6 Å². The first kappa shape index (κ1) is 79.5. The van der Waals surface area contributed by atoms with Gasteiger partial charge in [-0.05, 0) is 88.6 Å². The number of methoxy groups -OCH3 is 2. The number of aliphatic imine (C=N–C) groups is 1. The Morgan fingerprint density at radius 2 is 1.12 bits per heavy atom. The van der Waals surface area contributed by atoms with Crippen molar-refractivity contribution < 1.29 is 100 Å². The third kappa shape index (κ3) is 24.8. The molecule has 0 fully saturated rings. The smallest absolute Gasteiger partial charge is 0.416 e. The van der Waals surface area contributed by atoms with Gasteiger partial charge in [-0.3, -0.25) is 33.8 Å². The van der Waals surface area contributed by atoms with E-state index in [2.05, 4.69) is 42.2 Å². The quantitative estimate of drug-likeness (QED) is 0.0303. The van der Waals surface area contributed by atoms with E-state index in [9.17, 15) is 38.7 Å². The van der Waals surface area contributed by atoms with Crippen molar-refractivity contribution in [1.82, 2.24) is 25.8 Å². The van der Waals surface area contributed by atoms with Crippen LogP contribution in [0.5, 0.6) is 23.0 Å². The van der Waals surface area contributed by atoms with Crippen molar-refractivity contribution in [2.24, 2.45) is 10.9 Å². The number of halogens is 1. The summed E-state index contributed by atoms with van der Waals surface area (Å²) in [5.41, 5.74) is 3.94. The molecule has 7 amide bonds. The number of aliphatic hydroxyl groups is 1. The molecular weight excluding hydrogens is 1370 g/mol. The van der Waals surface area contributed by atoms with Gasteiger partial charge in [0.1, 0.15) is 18.7 Å². The lowest BCUT2D eigenvalue weighted by atomic mass is 10.0. The minimum Gasteiger partial charge on any atom is -0.493 e. The Hall–Kier alpha value is -7.78. The zero-order valence-corrected chi connectivity index (χ0v) is 59.8. The number of rotatable bonds is 46. The number of alkyl halides is 1. The van der Waals surface area contributed by atoms with E-state index in [0.29, 0.717) is 165 Å². The first-order valence-corrected chi connectivity index (χ1v) is 34.8. The average Bonchev–Trinajstić information content (AvgIpc) is 1.59. The van der Waals surface area contributed by atoms with Gasteiger partial charge >= 0.3 is 6.09 Å². The van der Waals surface area contributed by atoms with Crippen LogP contribution in [0.4, 0.5) is 21.9 Å². The van der Waals surface area contributed by atoms with Crippen LogP contribution in [0.3, 0.4) is 0 Å². The molecule has 5 N–H and O–H groups in total. The van der Waals surface area contributed by atoms with Gasteiger partial charge in [0, 0.05) is 49.4 Å². The molecular formula is C70H97BrN8O21. The third-order valence-corrected chi connectivity index (χ3v) is 16.6. The van der Waals surface area contributed by atoms with Gasteiger partial charge in [-0.25, -0.2) is 9.69 Å². The van der Waals surface area contributed by atoms with Crippen molar-refractivity contribution in [2.45, 2.75) is 110 Å². The topological polar surface area (TPSA) is 330 Å². The summed E-state index contributed by atoms with van der Waals surface area (Å²) in [6.07, 6.45) is 5.81. The number of nitrogens with zero attached hydrogens (tertiary/aromatic N) is 4. The zero-order valence-electron chi connectivity index (χ0n) is 58.2. The van der Waals surface area contributed by atoms with E-state index in [0.717, 1.165) is 22.5 Å². The second-order valence-electron chi connectivity index (χ2n) is 24.2. The highest BCUT2D eigenvalue weighted by Crippen LogP contribution is 2.43. The fourth-order valence-electron chi connectivity index (χ4n) is 10.8.